The largest absolute Gasteiger partial charge is 0.368 e. The summed E-state index contributed by atoms with van der Waals surface area (Å²) in [5.41, 5.74) is 9.64. The molecule has 1 aliphatic rings. The number of aryl methyl sites for hydroxylation is 1. The number of imidazole rings is 1. The Morgan fingerprint density at radius 2 is 1.82 bits per heavy atom. The van der Waals surface area contributed by atoms with Gasteiger partial charge in [-0.1, -0.05) is 12.1 Å². The van der Waals surface area contributed by atoms with Crippen molar-refractivity contribution >= 4 is 34.6 Å². The molecule has 1 fully saturated rings. The number of halogens is 1. The molecule has 9 nitrogen and oxygen atoms in total. The number of aromatic nitrogens is 4. The van der Waals surface area contributed by atoms with Crippen LogP contribution in [0.1, 0.15) is 5.56 Å². The van der Waals surface area contributed by atoms with E-state index in [1.807, 2.05) is 31.2 Å². The molecule has 1 aliphatic heterocycles. The van der Waals surface area contributed by atoms with Crippen LogP contribution in [0.4, 0.5) is 26.6 Å². The maximum Gasteiger partial charge on any atom is 0.321 e. The van der Waals surface area contributed by atoms with E-state index in [1.54, 1.807) is 17.0 Å². The zero-order chi connectivity index (χ0) is 22.9. The van der Waals surface area contributed by atoms with E-state index >= 15 is 0 Å². The SMILES string of the molecule is Cc1cccc(NC(=O)N2CCN(c3nc(N)nc4nc(-c5ccc(F)cc5)[nH]c34)CC2)c1. The highest BCUT2D eigenvalue weighted by Gasteiger charge is 2.25. The van der Waals surface area contributed by atoms with Crippen LogP contribution in [0.2, 0.25) is 0 Å². The predicted molar refractivity (Wildman–Crippen MR) is 125 cm³/mol. The highest BCUT2D eigenvalue weighted by molar-refractivity contribution is 5.90. The molecule has 2 aromatic carbocycles. The van der Waals surface area contributed by atoms with Gasteiger partial charge in [-0.3, -0.25) is 0 Å². The van der Waals surface area contributed by atoms with Crippen molar-refractivity contribution in [3.63, 3.8) is 0 Å². The number of carbonyl (C=O) groups is 1. The van der Waals surface area contributed by atoms with Gasteiger partial charge in [-0.25, -0.2) is 14.2 Å². The Morgan fingerprint density at radius 3 is 2.55 bits per heavy atom. The summed E-state index contributed by atoms with van der Waals surface area (Å²) < 4.78 is 13.3. The number of aromatic amines is 1. The minimum atomic E-state index is -0.316. The van der Waals surface area contributed by atoms with Crippen molar-refractivity contribution in [1.82, 2.24) is 24.8 Å². The van der Waals surface area contributed by atoms with Crippen LogP contribution >= 0.6 is 0 Å². The lowest BCUT2D eigenvalue weighted by molar-refractivity contribution is 0.208. The molecule has 4 N–H and O–H groups in total. The van der Waals surface area contributed by atoms with Gasteiger partial charge >= 0.3 is 6.03 Å². The molecular formula is C23H23FN8O. The number of piperazine rings is 1. The molecule has 168 valence electrons. The van der Waals surface area contributed by atoms with E-state index in [9.17, 15) is 9.18 Å². The number of nitrogens with zero attached hydrogens (tertiary/aromatic N) is 5. The third kappa shape index (κ3) is 4.27. The van der Waals surface area contributed by atoms with Crippen molar-refractivity contribution < 1.29 is 9.18 Å². The lowest BCUT2D eigenvalue weighted by atomic mass is 10.2. The number of nitrogens with one attached hydrogen (secondary N) is 2. The molecule has 3 heterocycles. The molecule has 0 saturated carbocycles. The van der Waals surface area contributed by atoms with E-state index in [-0.39, 0.29) is 17.8 Å². The van der Waals surface area contributed by atoms with Gasteiger partial charge in [-0.2, -0.15) is 9.97 Å². The Hall–Kier alpha value is -4.21. The molecule has 2 aromatic heterocycles. The number of H-pyrrole nitrogens is 1. The number of urea groups is 1. The summed E-state index contributed by atoms with van der Waals surface area (Å²) in [6, 6.07) is 13.6. The second kappa shape index (κ2) is 8.38. The number of amides is 2. The molecule has 0 aliphatic carbocycles. The summed E-state index contributed by atoms with van der Waals surface area (Å²) in [5, 5.41) is 2.95. The Labute approximate surface area is 189 Å². The number of carbonyl (C=O) groups excluding carboxylic acids is 1. The van der Waals surface area contributed by atoms with Crippen molar-refractivity contribution in [1.29, 1.82) is 0 Å². The van der Waals surface area contributed by atoms with Crippen LogP contribution in [0, 0.1) is 12.7 Å². The highest BCUT2D eigenvalue weighted by Crippen LogP contribution is 2.27. The van der Waals surface area contributed by atoms with Crippen molar-refractivity contribution in [3.05, 3.63) is 59.9 Å². The lowest BCUT2D eigenvalue weighted by Crippen LogP contribution is -2.50. The fourth-order valence-electron chi connectivity index (χ4n) is 3.92. The van der Waals surface area contributed by atoms with Crippen LogP contribution in [-0.4, -0.2) is 57.0 Å². The number of nitrogens with two attached hydrogens (primary N) is 1. The average Bonchev–Trinajstić information content (AvgIpc) is 3.23. The Kier molecular flexibility index (Phi) is 5.25. The van der Waals surface area contributed by atoms with E-state index in [1.165, 1.54) is 12.1 Å². The van der Waals surface area contributed by atoms with Gasteiger partial charge in [0.2, 0.25) is 5.95 Å². The molecule has 33 heavy (non-hydrogen) atoms. The Morgan fingerprint density at radius 1 is 1.06 bits per heavy atom. The quantitative estimate of drug-likeness (QED) is 0.444. The van der Waals surface area contributed by atoms with Crippen LogP contribution < -0.4 is 16.0 Å². The standard InChI is InChI=1S/C23H23FN8O/c1-14-3-2-4-17(13-14)26-23(33)32-11-9-31(10-12-32)21-18-20(29-22(25)30-21)28-19(27-18)15-5-7-16(24)8-6-15/h2-8,13H,9-12H2,1H3,(H,26,33)(H3,25,27,28,29,30). The summed E-state index contributed by atoms with van der Waals surface area (Å²) in [4.78, 5) is 33.0. The van der Waals surface area contributed by atoms with Crippen LogP contribution in [0.25, 0.3) is 22.6 Å². The summed E-state index contributed by atoms with van der Waals surface area (Å²) in [6.45, 7) is 4.21. The maximum atomic E-state index is 13.3. The fourth-order valence-corrected chi connectivity index (χ4v) is 3.92. The number of hydrogen-bond acceptors (Lipinski definition) is 6. The minimum Gasteiger partial charge on any atom is -0.368 e. The molecule has 0 spiro atoms. The zero-order valence-electron chi connectivity index (χ0n) is 18.0. The third-order valence-corrected chi connectivity index (χ3v) is 5.60. The van der Waals surface area contributed by atoms with Crippen molar-refractivity contribution in [2.45, 2.75) is 6.92 Å². The van der Waals surface area contributed by atoms with E-state index in [0.717, 1.165) is 16.8 Å². The molecule has 0 radical (unpaired) electrons. The van der Waals surface area contributed by atoms with Crippen molar-refractivity contribution in [3.8, 4) is 11.4 Å². The molecule has 0 unspecified atom stereocenters. The summed E-state index contributed by atoms with van der Waals surface area (Å²) >= 11 is 0. The summed E-state index contributed by atoms with van der Waals surface area (Å²) in [6.07, 6.45) is 0. The van der Waals surface area contributed by atoms with E-state index < -0.39 is 0 Å². The van der Waals surface area contributed by atoms with Crippen molar-refractivity contribution in [2.75, 3.05) is 42.1 Å². The third-order valence-electron chi connectivity index (χ3n) is 5.60. The number of fused-ring (bicyclic) bond motifs is 1. The van der Waals surface area contributed by atoms with Gasteiger partial charge in [0.1, 0.15) is 17.2 Å². The van der Waals surface area contributed by atoms with Gasteiger partial charge in [0.25, 0.3) is 0 Å². The van der Waals surface area contributed by atoms with Gasteiger partial charge in [0.05, 0.1) is 0 Å². The fraction of sp³-hybridized carbons (Fsp3) is 0.217. The van der Waals surface area contributed by atoms with Gasteiger partial charge in [0.15, 0.2) is 11.5 Å². The molecule has 0 bridgehead atoms. The maximum absolute atomic E-state index is 13.3. The van der Waals surface area contributed by atoms with Gasteiger partial charge in [0, 0.05) is 37.4 Å². The van der Waals surface area contributed by atoms with E-state index in [0.29, 0.717) is 49.0 Å². The smallest absolute Gasteiger partial charge is 0.321 e. The zero-order valence-corrected chi connectivity index (χ0v) is 18.0. The Balaban J connectivity index is 1.33. The van der Waals surface area contributed by atoms with E-state index in [4.69, 9.17) is 5.73 Å². The average molecular weight is 446 g/mol. The molecule has 5 rings (SSSR count). The highest BCUT2D eigenvalue weighted by atomic mass is 19.1. The van der Waals surface area contributed by atoms with Crippen LogP contribution in [0.3, 0.4) is 0 Å². The Bertz CT molecular complexity index is 1310. The normalized spacial score (nSPS) is 14.0. The lowest BCUT2D eigenvalue weighted by Gasteiger charge is -2.35. The number of rotatable bonds is 3. The number of anilines is 3. The first-order chi connectivity index (χ1) is 16.0. The van der Waals surface area contributed by atoms with Crippen molar-refractivity contribution in [2.24, 2.45) is 0 Å². The second-order valence-electron chi connectivity index (χ2n) is 7.97. The molecule has 2 amide bonds. The summed E-state index contributed by atoms with van der Waals surface area (Å²) in [7, 11) is 0. The van der Waals surface area contributed by atoms with Gasteiger partial charge in [-0.05, 0) is 48.9 Å². The van der Waals surface area contributed by atoms with Crippen LogP contribution in [0.15, 0.2) is 48.5 Å². The molecular weight excluding hydrogens is 423 g/mol. The predicted octanol–water partition coefficient (Wildman–Crippen LogP) is 3.40. The number of hydrogen-bond donors (Lipinski definition) is 3. The summed E-state index contributed by atoms with van der Waals surface area (Å²) in [5.74, 6) is 0.998. The van der Waals surface area contributed by atoms with E-state index in [2.05, 4.69) is 30.2 Å². The first kappa shape index (κ1) is 20.7. The monoisotopic (exact) mass is 446 g/mol. The first-order valence-corrected chi connectivity index (χ1v) is 10.6. The second-order valence-corrected chi connectivity index (χ2v) is 7.97. The molecule has 4 aromatic rings. The van der Waals surface area contributed by atoms with Gasteiger partial charge < -0.3 is 25.8 Å². The molecule has 0 atom stereocenters. The minimum absolute atomic E-state index is 0.120. The van der Waals surface area contributed by atoms with Crippen LogP contribution in [0.5, 0.6) is 0 Å². The van der Waals surface area contributed by atoms with Gasteiger partial charge in [-0.15, -0.1) is 0 Å². The molecule has 10 heteroatoms. The number of nitrogen functional groups attached to an aromatic ring is 1. The van der Waals surface area contributed by atoms with Crippen LogP contribution in [-0.2, 0) is 0 Å². The first-order valence-electron chi connectivity index (χ1n) is 10.6. The molecule has 1 saturated heterocycles. The number of benzene rings is 2. The topological polar surface area (TPSA) is 116 Å².